The summed E-state index contributed by atoms with van der Waals surface area (Å²) in [5.74, 6) is 1.26. The van der Waals surface area contributed by atoms with Crippen molar-refractivity contribution < 1.29 is 4.74 Å². The third kappa shape index (κ3) is 3.95. The fourth-order valence-corrected chi connectivity index (χ4v) is 4.01. The SMILES string of the molecule is Cn1nccc1-c1ccc2cnc(Nc3ccc(-n4cnc(N5CCOCC5)n4)cc3)nc2c1. The first-order chi connectivity index (χ1) is 16.7. The zero-order chi connectivity index (χ0) is 22.9. The molecule has 10 heteroatoms. The van der Waals surface area contributed by atoms with Crippen molar-refractivity contribution in [3.05, 3.63) is 67.3 Å². The van der Waals surface area contributed by atoms with Crippen molar-refractivity contribution in [2.45, 2.75) is 0 Å². The second-order valence-electron chi connectivity index (χ2n) is 8.07. The van der Waals surface area contributed by atoms with Crippen LogP contribution in [0.2, 0.25) is 0 Å². The van der Waals surface area contributed by atoms with Crippen LogP contribution in [0, 0.1) is 0 Å². The highest BCUT2D eigenvalue weighted by Gasteiger charge is 2.15. The number of nitrogens with one attached hydrogen (secondary N) is 1. The normalized spacial score (nSPS) is 14.0. The Morgan fingerprint density at radius 2 is 1.82 bits per heavy atom. The number of fused-ring (bicyclic) bond motifs is 1. The van der Waals surface area contributed by atoms with Gasteiger partial charge in [-0.05, 0) is 36.4 Å². The number of aromatic nitrogens is 7. The summed E-state index contributed by atoms with van der Waals surface area (Å²) in [6.07, 6.45) is 5.35. The lowest BCUT2D eigenvalue weighted by Crippen LogP contribution is -2.37. The van der Waals surface area contributed by atoms with E-state index in [1.807, 2.05) is 54.3 Å². The van der Waals surface area contributed by atoms with Gasteiger partial charge in [-0.25, -0.2) is 14.6 Å². The van der Waals surface area contributed by atoms with Crippen molar-refractivity contribution in [1.29, 1.82) is 0 Å². The lowest BCUT2D eigenvalue weighted by molar-refractivity contribution is 0.122. The molecule has 0 spiro atoms. The van der Waals surface area contributed by atoms with Crippen molar-refractivity contribution in [2.24, 2.45) is 7.05 Å². The third-order valence-corrected chi connectivity index (χ3v) is 5.86. The Balaban J connectivity index is 1.20. The molecule has 3 aromatic heterocycles. The predicted octanol–water partition coefficient (Wildman–Crippen LogP) is 3.19. The first kappa shape index (κ1) is 20.3. The summed E-state index contributed by atoms with van der Waals surface area (Å²) in [5, 5.41) is 13.1. The smallest absolute Gasteiger partial charge is 0.245 e. The quantitative estimate of drug-likeness (QED) is 0.433. The second-order valence-corrected chi connectivity index (χ2v) is 8.07. The van der Waals surface area contributed by atoms with Crippen LogP contribution < -0.4 is 10.2 Å². The molecule has 0 bridgehead atoms. The van der Waals surface area contributed by atoms with Crippen LogP contribution >= 0.6 is 0 Å². The average molecular weight is 454 g/mol. The van der Waals surface area contributed by atoms with E-state index in [0.717, 1.165) is 52.6 Å². The Hall–Kier alpha value is -4.31. The van der Waals surface area contributed by atoms with Gasteiger partial charge < -0.3 is 15.0 Å². The van der Waals surface area contributed by atoms with Gasteiger partial charge in [-0.15, -0.1) is 5.10 Å². The molecular weight excluding hydrogens is 430 g/mol. The number of hydrogen-bond acceptors (Lipinski definition) is 8. The van der Waals surface area contributed by atoms with Gasteiger partial charge in [-0.2, -0.15) is 10.1 Å². The Bertz CT molecular complexity index is 1430. The van der Waals surface area contributed by atoms with Gasteiger partial charge in [0, 0.05) is 49.2 Å². The van der Waals surface area contributed by atoms with E-state index in [9.17, 15) is 0 Å². The molecule has 5 aromatic rings. The van der Waals surface area contributed by atoms with Crippen LogP contribution in [-0.2, 0) is 11.8 Å². The van der Waals surface area contributed by atoms with Crippen LogP contribution in [0.15, 0.2) is 67.3 Å². The molecule has 0 radical (unpaired) electrons. The van der Waals surface area contributed by atoms with E-state index in [2.05, 4.69) is 42.5 Å². The van der Waals surface area contributed by atoms with Crippen LogP contribution in [0.25, 0.3) is 27.8 Å². The van der Waals surface area contributed by atoms with Gasteiger partial charge in [0.1, 0.15) is 6.33 Å². The highest BCUT2D eigenvalue weighted by atomic mass is 16.5. The first-order valence-corrected chi connectivity index (χ1v) is 11.1. The van der Waals surface area contributed by atoms with Gasteiger partial charge >= 0.3 is 0 Å². The Morgan fingerprint density at radius 3 is 2.62 bits per heavy atom. The number of morpholine rings is 1. The number of hydrogen-bond donors (Lipinski definition) is 1. The van der Waals surface area contributed by atoms with Gasteiger partial charge in [0.2, 0.25) is 11.9 Å². The van der Waals surface area contributed by atoms with E-state index in [-0.39, 0.29) is 0 Å². The summed E-state index contributed by atoms with van der Waals surface area (Å²) in [5.41, 5.74) is 4.78. The van der Waals surface area contributed by atoms with Gasteiger partial charge in [-0.1, -0.05) is 12.1 Å². The van der Waals surface area contributed by atoms with Gasteiger partial charge in [-0.3, -0.25) is 4.68 Å². The molecule has 1 aliphatic heterocycles. The number of aryl methyl sites for hydroxylation is 1. The number of anilines is 3. The monoisotopic (exact) mass is 453 g/mol. The average Bonchev–Trinajstić information content (AvgIpc) is 3.54. The Morgan fingerprint density at radius 1 is 0.971 bits per heavy atom. The topological polar surface area (TPSA) is 98.8 Å². The molecule has 34 heavy (non-hydrogen) atoms. The van der Waals surface area contributed by atoms with Crippen LogP contribution in [-0.4, -0.2) is 60.8 Å². The Labute approximate surface area is 195 Å². The molecule has 0 amide bonds. The summed E-state index contributed by atoms with van der Waals surface area (Å²) >= 11 is 0. The van der Waals surface area contributed by atoms with Gasteiger partial charge in [0.15, 0.2) is 0 Å². The van der Waals surface area contributed by atoms with Crippen LogP contribution in [0.4, 0.5) is 17.6 Å². The van der Waals surface area contributed by atoms with Crippen LogP contribution in [0.3, 0.4) is 0 Å². The summed E-state index contributed by atoms with van der Waals surface area (Å²) < 4.78 is 9.03. The molecule has 4 heterocycles. The standard InChI is InChI=1S/C24H23N9O/c1-31-22(8-9-27-31)17-2-3-18-15-25-23(29-21(18)14-17)28-19-4-6-20(7-5-19)33-16-26-24(30-33)32-10-12-34-13-11-32/h2-9,14-16H,10-13H2,1H3,(H,25,28,29). The van der Waals surface area contributed by atoms with E-state index in [1.54, 1.807) is 17.2 Å². The molecule has 0 aliphatic carbocycles. The van der Waals surface area contributed by atoms with E-state index >= 15 is 0 Å². The molecule has 1 aliphatic rings. The Kier molecular flexibility index (Phi) is 5.11. The molecule has 0 unspecified atom stereocenters. The van der Waals surface area contributed by atoms with Crippen LogP contribution in [0.5, 0.6) is 0 Å². The molecule has 170 valence electrons. The molecule has 0 atom stereocenters. The predicted molar refractivity (Wildman–Crippen MR) is 129 cm³/mol. The van der Waals surface area contributed by atoms with Crippen molar-refractivity contribution in [1.82, 2.24) is 34.5 Å². The summed E-state index contributed by atoms with van der Waals surface area (Å²) in [6.45, 7) is 3.02. The fraction of sp³-hybridized carbons (Fsp3) is 0.208. The minimum absolute atomic E-state index is 0.540. The van der Waals surface area contributed by atoms with E-state index < -0.39 is 0 Å². The van der Waals surface area contributed by atoms with Crippen LogP contribution in [0.1, 0.15) is 0 Å². The molecule has 6 rings (SSSR count). The number of benzene rings is 2. The van der Waals surface area contributed by atoms with Gasteiger partial charge in [0.25, 0.3) is 0 Å². The lowest BCUT2D eigenvalue weighted by atomic mass is 10.1. The number of nitrogens with zero attached hydrogens (tertiary/aromatic N) is 8. The molecule has 1 fully saturated rings. The maximum absolute atomic E-state index is 5.40. The molecule has 0 saturated carbocycles. The highest BCUT2D eigenvalue weighted by Crippen LogP contribution is 2.24. The summed E-state index contributed by atoms with van der Waals surface area (Å²) in [4.78, 5) is 15.8. The molecule has 2 aromatic carbocycles. The number of ether oxygens (including phenoxy) is 1. The van der Waals surface area contributed by atoms with E-state index in [0.29, 0.717) is 19.2 Å². The minimum atomic E-state index is 0.540. The second kappa shape index (κ2) is 8.56. The van der Waals surface area contributed by atoms with Crippen molar-refractivity contribution in [3.63, 3.8) is 0 Å². The molecule has 1 N–H and O–H groups in total. The lowest BCUT2D eigenvalue weighted by Gasteiger charge is -2.25. The molecule has 10 nitrogen and oxygen atoms in total. The first-order valence-electron chi connectivity index (χ1n) is 11.1. The maximum Gasteiger partial charge on any atom is 0.245 e. The molecule has 1 saturated heterocycles. The van der Waals surface area contributed by atoms with E-state index in [4.69, 9.17) is 9.72 Å². The van der Waals surface area contributed by atoms with Crippen molar-refractivity contribution in [3.8, 4) is 16.9 Å². The van der Waals surface area contributed by atoms with Crippen molar-refractivity contribution in [2.75, 3.05) is 36.5 Å². The van der Waals surface area contributed by atoms with E-state index in [1.165, 1.54) is 0 Å². The maximum atomic E-state index is 5.40. The third-order valence-electron chi connectivity index (χ3n) is 5.86. The number of rotatable bonds is 5. The summed E-state index contributed by atoms with van der Waals surface area (Å²) in [6, 6.07) is 16.1. The zero-order valence-electron chi connectivity index (χ0n) is 18.7. The molecular formula is C24H23N9O. The van der Waals surface area contributed by atoms with Gasteiger partial charge in [0.05, 0.1) is 30.1 Å². The minimum Gasteiger partial charge on any atom is -0.378 e. The largest absolute Gasteiger partial charge is 0.378 e. The highest BCUT2D eigenvalue weighted by molar-refractivity contribution is 5.84. The fourth-order valence-electron chi connectivity index (χ4n) is 4.01. The van der Waals surface area contributed by atoms with Crippen molar-refractivity contribution >= 4 is 28.5 Å². The summed E-state index contributed by atoms with van der Waals surface area (Å²) in [7, 11) is 1.93. The zero-order valence-corrected chi connectivity index (χ0v) is 18.7.